The molecule has 11 heavy (non-hydrogen) atoms. The van der Waals surface area contributed by atoms with Crippen molar-refractivity contribution in [3.63, 3.8) is 0 Å². The molecule has 0 saturated carbocycles. The van der Waals surface area contributed by atoms with Crippen LogP contribution < -0.4 is 9.67 Å². The smallest absolute Gasteiger partial charge is 0.341 e. The summed E-state index contributed by atoms with van der Waals surface area (Å²) in [5.74, 6) is -1.38. The number of rotatable bonds is 1. The second kappa shape index (κ2) is 2.57. The number of aromatic nitrogens is 1. The van der Waals surface area contributed by atoms with E-state index >= 15 is 0 Å². The van der Waals surface area contributed by atoms with Gasteiger partial charge in [0.25, 0.3) is 0 Å². The topological polar surface area (TPSA) is 64.2 Å². The molecule has 1 N–H and O–H groups in total. The minimum Gasteiger partial charge on any atom is -0.868 e. The molecule has 0 fully saturated rings. The number of aromatic carboxylic acids is 1. The van der Waals surface area contributed by atoms with Crippen molar-refractivity contribution in [3.8, 4) is 5.75 Å². The summed E-state index contributed by atoms with van der Waals surface area (Å²) in [5.41, 5.74) is 0.0139. The van der Waals surface area contributed by atoms with E-state index in [-0.39, 0.29) is 11.3 Å². The van der Waals surface area contributed by atoms with Crippen molar-refractivity contribution in [2.45, 2.75) is 0 Å². The molecule has 0 aromatic carbocycles. The fraction of sp³-hybridized carbons (Fsp3) is 0.143. The van der Waals surface area contributed by atoms with Gasteiger partial charge in [0.1, 0.15) is 12.6 Å². The Hall–Kier alpha value is -1.58. The van der Waals surface area contributed by atoms with Crippen LogP contribution in [0.1, 0.15) is 10.4 Å². The molecule has 0 atom stereocenters. The molecule has 0 aliphatic rings. The van der Waals surface area contributed by atoms with Crippen molar-refractivity contribution >= 4 is 5.97 Å². The number of hydrogen-bond donors (Lipinski definition) is 1. The maximum absolute atomic E-state index is 10.7. The van der Waals surface area contributed by atoms with Crippen LogP contribution in [0, 0.1) is 0 Å². The summed E-state index contributed by atoms with van der Waals surface area (Å²) in [7, 11) is 1.60. The van der Waals surface area contributed by atoms with Crippen LogP contribution in [-0.4, -0.2) is 11.1 Å². The molecule has 0 aliphatic carbocycles. The van der Waals surface area contributed by atoms with Crippen LogP contribution in [-0.2, 0) is 7.05 Å². The van der Waals surface area contributed by atoms with Gasteiger partial charge < -0.3 is 10.2 Å². The van der Waals surface area contributed by atoms with E-state index in [9.17, 15) is 9.90 Å². The molecule has 0 radical (unpaired) electrons. The van der Waals surface area contributed by atoms with Crippen molar-refractivity contribution in [1.82, 2.24) is 0 Å². The highest BCUT2D eigenvalue weighted by Crippen LogP contribution is 2.02. The van der Waals surface area contributed by atoms with Gasteiger partial charge in [0.15, 0.2) is 12.4 Å². The highest BCUT2D eigenvalue weighted by molar-refractivity contribution is 5.87. The molecular formula is C7H7NO3. The van der Waals surface area contributed by atoms with Gasteiger partial charge >= 0.3 is 5.97 Å². The van der Waals surface area contributed by atoms with Gasteiger partial charge in [-0.05, 0) is 11.8 Å². The zero-order valence-corrected chi connectivity index (χ0v) is 5.94. The third kappa shape index (κ3) is 1.67. The van der Waals surface area contributed by atoms with Crippen molar-refractivity contribution in [1.29, 1.82) is 0 Å². The van der Waals surface area contributed by atoms with Crippen molar-refractivity contribution in [2.24, 2.45) is 7.05 Å². The van der Waals surface area contributed by atoms with Crippen LogP contribution in [0.2, 0.25) is 0 Å². The van der Waals surface area contributed by atoms with Crippen LogP contribution >= 0.6 is 0 Å². The van der Waals surface area contributed by atoms with E-state index in [2.05, 4.69) is 0 Å². The summed E-state index contributed by atoms with van der Waals surface area (Å²) >= 11 is 0. The quantitative estimate of drug-likeness (QED) is 0.541. The van der Waals surface area contributed by atoms with Crippen molar-refractivity contribution < 1.29 is 19.6 Å². The first-order chi connectivity index (χ1) is 5.09. The number of aryl methyl sites for hydroxylation is 1. The Bertz CT molecular complexity index is 275. The molecular weight excluding hydrogens is 146 g/mol. The number of nitrogens with zero attached hydrogens (tertiary/aromatic N) is 1. The number of pyridine rings is 1. The zero-order valence-electron chi connectivity index (χ0n) is 5.94. The lowest BCUT2D eigenvalue weighted by atomic mass is 10.3. The third-order valence-corrected chi connectivity index (χ3v) is 1.22. The van der Waals surface area contributed by atoms with Gasteiger partial charge in [-0.25, -0.2) is 9.36 Å². The lowest BCUT2D eigenvalue weighted by molar-refractivity contribution is -0.674. The van der Waals surface area contributed by atoms with Gasteiger partial charge in [-0.2, -0.15) is 0 Å². The minimum absolute atomic E-state index is 0.0139. The Kier molecular flexibility index (Phi) is 1.76. The summed E-state index contributed by atoms with van der Waals surface area (Å²) in [6, 6.07) is 1.09. The van der Waals surface area contributed by atoms with Gasteiger partial charge in [0, 0.05) is 0 Å². The Morgan fingerprint density at radius 2 is 2.27 bits per heavy atom. The molecule has 1 rings (SSSR count). The van der Waals surface area contributed by atoms with Gasteiger partial charge in [-0.15, -0.1) is 0 Å². The number of carboxylic acids is 1. The molecule has 58 valence electrons. The molecule has 0 saturated heterocycles. The SMILES string of the molecule is C[n+]1cc([O-])cc(C(=O)O)c1. The van der Waals surface area contributed by atoms with E-state index in [1.807, 2.05) is 0 Å². The Morgan fingerprint density at radius 1 is 1.64 bits per heavy atom. The largest absolute Gasteiger partial charge is 0.868 e. The predicted molar refractivity (Wildman–Crippen MR) is 34.0 cm³/mol. The number of carbonyl (C=O) groups is 1. The van der Waals surface area contributed by atoms with Crippen LogP contribution in [0.15, 0.2) is 18.5 Å². The fourth-order valence-electron chi connectivity index (χ4n) is 0.802. The summed E-state index contributed by atoms with van der Waals surface area (Å²) in [5, 5.41) is 19.2. The molecule has 4 heteroatoms. The Balaban J connectivity index is 3.19. The highest BCUT2D eigenvalue weighted by Gasteiger charge is 2.05. The zero-order chi connectivity index (χ0) is 8.43. The normalized spacial score (nSPS) is 9.55. The maximum atomic E-state index is 10.7. The lowest BCUT2D eigenvalue weighted by Gasteiger charge is -2.01. The van der Waals surface area contributed by atoms with Crippen molar-refractivity contribution in [2.75, 3.05) is 0 Å². The van der Waals surface area contributed by atoms with Crippen molar-refractivity contribution in [3.05, 3.63) is 24.0 Å². The third-order valence-electron chi connectivity index (χ3n) is 1.22. The second-order valence-corrected chi connectivity index (χ2v) is 2.23. The molecule has 0 spiro atoms. The summed E-state index contributed by atoms with van der Waals surface area (Å²) in [4.78, 5) is 10.4. The first-order valence-corrected chi connectivity index (χ1v) is 3.00. The van der Waals surface area contributed by atoms with E-state index in [4.69, 9.17) is 5.11 Å². The van der Waals surface area contributed by atoms with Gasteiger partial charge in [0.05, 0.1) is 0 Å². The molecule has 4 nitrogen and oxygen atoms in total. The summed E-state index contributed by atoms with van der Waals surface area (Å²) in [6.07, 6.45) is 2.69. The Labute approximate surface area is 63.3 Å². The molecule has 1 aromatic rings. The van der Waals surface area contributed by atoms with E-state index < -0.39 is 5.97 Å². The summed E-state index contributed by atoms with van der Waals surface area (Å²) in [6.45, 7) is 0. The monoisotopic (exact) mass is 153 g/mol. The average Bonchev–Trinajstić information content (AvgIpc) is 1.85. The molecule has 1 heterocycles. The molecule has 0 aliphatic heterocycles. The second-order valence-electron chi connectivity index (χ2n) is 2.23. The van der Waals surface area contributed by atoms with Crippen LogP contribution in [0.3, 0.4) is 0 Å². The first-order valence-electron chi connectivity index (χ1n) is 3.00. The van der Waals surface area contributed by atoms with Crippen LogP contribution in [0.25, 0.3) is 0 Å². The van der Waals surface area contributed by atoms with Gasteiger partial charge in [-0.1, -0.05) is 0 Å². The number of carboxylic acid groups (broad SMARTS) is 1. The van der Waals surface area contributed by atoms with E-state index in [0.29, 0.717) is 0 Å². The van der Waals surface area contributed by atoms with E-state index in [0.717, 1.165) is 6.07 Å². The molecule has 0 amide bonds. The highest BCUT2D eigenvalue weighted by atomic mass is 16.4. The van der Waals surface area contributed by atoms with Crippen LogP contribution in [0.4, 0.5) is 0 Å². The lowest BCUT2D eigenvalue weighted by Crippen LogP contribution is -2.29. The fourth-order valence-corrected chi connectivity index (χ4v) is 0.802. The van der Waals surface area contributed by atoms with Crippen LogP contribution in [0.5, 0.6) is 5.75 Å². The predicted octanol–water partition coefficient (Wildman–Crippen LogP) is -0.717. The van der Waals surface area contributed by atoms with Gasteiger partial charge in [0.2, 0.25) is 0 Å². The maximum Gasteiger partial charge on any atom is 0.341 e. The molecule has 1 aromatic heterocycles. The van der Waals surface area contributed by atoms with E-state index in [1.165, 1.54) is 17.0 Å². The molecule has 0 unspecified atom stereocenters. The summed E-state index contributed by atoms with van der Waals surface area (Å²) < 4.78 is 1.42. The first kappa shape index (κ1) is 7.53. The van der Waals surface area contributed by atoms with E-state index in [1.54, 1.807) is 7.05 Å². The molecule has 0 bridgehead atoms. The Morgan fingerprint density at radius 3 is 2.73 bits per heavy atom. The standard InChI is InChI=1S/C7H7NO3/c1-8-3-5(7(10)11)2-6(9)4-8/h2-4H,1H3,(H-,9,10,11). The minimum atomic E-state index is -1.08. The van der Waals surface area contributed by atoms with Gasteiger partial charge in [-0.3, -0.25) is 0 Å². The number of hydrogen-bond acceptors (Lipinski definition) is 2. The average molecular weight is 153 g/mol.